The average Bonchev–Trinajstić information content (AvgIpc) is 2.28. The van der Waals surface area contributed by atoms with E-state index < -0.39 is 12.0 Å². The van der Waals surface area contributed by atoms with E-state index >= 15 is 0 Å². The first-order chi connectivity index (χ1) is 7.61. The van der Waals surface area contributed by atoms with E-state index in [9.17, 15) is 4.79 Å². The van der Waals surface area contributed by atoms with Crippen molar-refractivity contribution in [3.05, 3.63) is 23.8 Å². The number of rotatable bonds is 2. The standard InChI is InChI=1S/C11H14N2O3/c1-13-5-6-16-10-7(9(12)11(14)15)3-2-4-8(10)13/h2-4,9H,5-6,12H2,1H3,(H,14,15). The summed E-state index contributed by atoms with van der Waals surface area (Å²) in [6, 6.07) is 4.34. The van der Waals surface area contributed by atoms with Crippen molar-refractivity contribution < 1.29 is 14.6 Å². The Morgan fingerprint density at radius 2 is 2.38 bits per heavy atom. The van der Waals surface area contributed by atoms with Gasteiger partial charge >= 0.3 is 5.97 Å². The normalized spacial score (nSPS) is 16.2. The molecule has 0 saturated carbocycles. The van der Waals surface area contributed by atoms with Crippen molar-refractivity contribution >= 4 is 11.7 Å². The van der Waals surface area contributed by atoms with Crippen LogP contribution in [0.4, 0.5) is 5.69 Å². The van der Waals surface area contributed by atoms with Gasteiger partial charge in [0.15, 0.2) is 0 Å². The van der Waals surface area contributed by atoms with Crippen molar-refractivity contribution in [2.75, 3.05) is 25.1 Å². The van der Waals surface area contributed by atoms with Gasteiger partial charge in [-0.3, -0.25) is 4.79 Å². The Bertz CT molecular complexity index is 420. The lowest BCUT2D eigenvalue weighted by atomic mass is 10.0. The topological polar surface area (TPSA) is 75.8 Å². The summed E-state index contributed by atoms with van der Waals surface area (Å²) in [6.07, 6.45) is 0. The van der Waals surface area contributed by atoms with Crippen LogP contribution in [-0.2, 0) is 4.79 Å². The van der Waals surface area contributed by atoms with E-state index in [2.05, 4.69) is 0 Å². The molecule has 1 aliphatic rings. The third-order valence-electron chi connectivity index (χ3n) is 2.71. The van der Waals surface area contributed by atoms with E-state index in [-0.39, 0.29) is 0 Å². The van der Waals surface area contributed by atoms with Gasteiger partial charge in [-0.05, 0) is 6.07 Å². The number of fused-ring (bicyclic) bond motifs is 1. The summed E-state index contributed by atoms with van der Waals surface area (Å²) in [5.41, 5.74) is 7.02. The molecule has 1 aromatic rings. The number of anilines is 1. The number of benzene rings is 1. The average molecular weight is 222 g/mol. The van der Waals surface area contributed by atoms with Crippen molar-refractivity contribution in [1.82, 2.24) is 0 Å². The third kappa shape index (κ3) is 1.69. The number of carboxylic acid groups (broad SMARTS) is 1. The summed E-state index contributed by atoms with van der Waals surface area (Å²) in [4.78, 5) is 12.9. The second kappa shape index (κ2) is 4.02. The molecule has 3 N–H and O–H groups in total. The summed E-state index contributed by atoms with van der Waals surface area (Å²) >= 11 is 0. The molecule has 1 aliphatic heterocycles. The van der Waals surface area contributed by atoms with E-state index in [4.69, 9.17) is 15.6 Å². The van der Waals surface area contributed by atoms with Crippen molar-refractivity contribution in [2.24, 2.45) is 5.73 Å². The third-order valence-corrected chi connectivity index (χ3v) is 2.71. The van der Waals surface area contributed by atoms with Crippen LogP contribution >= 0.6 is 0 Å². The predicted octanol–water partition coefficient (Wildman–Crippen LogP) is 0.600. The molecule has 0 radical (unpaired) electrons. The number of carbonyl (C=O) groups is 1. The molecule has 1 aromatic carbocycles. The van der Waals surface area contributed by atoms with Crippen LogP contribution in [0.15, 0.2) is 18.2 Å². The van der Waals surface area contributed by atoms with E-state index in [1.807, 2.05) is 18.0 Å². The highest BCUT2D eigenvalue weighted by Crippen LogP contribution is 2.36. The molecule has 0 aliphatic carbocycles. The minimum atomic E-state index is -1.05. The quantitative estimate of drug-likeness (QED) is 0.766. The molecular weight excluding hydrogens is 208 g/mol. The van der Waals surface area contributed by atoms with E-state index in [0.717, 1.165) is 12.2 Å². The minimum absolute atomic E-state index is 0.525. The maximum atomic E-state index is 10.9. The molecule has 0 saturated heterocycles. The molecule has 86 valence electrons. The van der Waals surface area contributed by atoms with Crippen LogP contribution in [0.5, 0.6) is 5.75 Å². The van der Waals surface area contributed by atoms with Gasteiger partial charge in [-0.2, -0.15) is 0 Å². The van der Waals surface area contributed by atoms with Gasteiger partial charge in [-0.25, -0.2) is 0 Å². The molecular formula is C11H14N2O3. The number of aliphatic carboxylic acids is 1. The number of hydrogen-bond acceptors (Lipinski definition) is 4. The number of hydrogen-bond donors (Lipinski definition) is 2. The molecule has 0 amide bonds. The van der Waals surface area contributed by atoms with Gasteiger partial charge in [0.25, 0.3) is 0 Å². The molecule has 5 nitrogen and oxygen atoms in total. The van der Waals surface area contributed by atoms with Gasteiger partial charge in [0, 0.05) is 12.6 Å². The van der Waals surface area contributed by atoms with Crippen LogP contribution in [0.25, 0.3) is 0 Å². The first kappa shape index (κ1) is 10.8. The van der Waals surface area contributed by atoms with Crippen LogP contribution in [0.1, 0.15) is 11.6 Å². The second-order valence-corrected chi connectivity index (χ2v) is 3.78. The highest BCUT2D eigenvalue weighted by molar-refractivity contribution is 5.78. The van der Waals surface area contributed by atoms with Gasteiger partial charge in [0.1, 0.15) is 18.4 Å². The highest BCUT2D eigenvalue weighted by atomic mass is 16.5. The number of nitrogens with two attached hydrogens (primary N) is 1. The maximum Gasteiger partial charge on any atom is 0.325 e. The monoisotopic (exact) mass is 222 g/mol. The van der Waals surface area contributed by atoms with Crippen LogP contribution in [0, 0.1) is 0 Å². The largest absolute Gasteiger partial charge is 0.489 e. The lowest BCUT2D eigenvalue weighted by molar-refractivity contribution is -0.138. The van der Waals surface area contributed by atoms with E-state index in [1.54, 1.807) is 12.1 Å². The van der Waals surface area contributed by atoms with Crippen LogP contribution in [-0.4, -0.2) is 31.3 Å². The summed E-state index contributed by atoms with van der Waals surface area (Å²) < 4.78 is 5.51. The minimum Gasteiger partial charge on any atom is -0.489 e. The van der Waals surface area contributed by atoms with Gasteiger partial charge in [0.2, 0.25) is 0 Å². The second-order valence-electron chi connectivity index (χ2n) is 3.78. The first-order valence-electron chi connectivity index (χ1n) is 5.06. The molecule has 0 aromatic heterocycles. The SMILES string of the molecule is CN1CCOc2c(C(N)C(=O)O)cccc21. The smallest absolute Gasteiger partial charge is 0.325 e. The lowest BCUT2D eigenvalue weighted by Crippen LogP contribution is -2.31. The first-order valence-corrected chi connectivity index (χ1v) is 5.06. The molecule has 1 heterocycles. The Labute approximate surface area is 93.4 Å². The van der Waals surface area contributed by atoms with Gasteiger partial charge in [-0.15, -0.1) is 0 Å². The fourth-order valence-electron chi connectivity index (χ4n) is 1.78. The zero-order chi connectivity index (χ0) is 11.7. The Kier molecular flexibility index (Phi) is 2.70. The van der Waals surface area contributed by atoms with Gasteiger partial charge in [0.05, 0.1) is 12.2 Å². The number of carboxylic acids is 1. The van der Waals surface area contributed by atoms with Crippen LogP contribution in [0.2, 0.25) is 0 Å². The summed E-state index contributed by atoms with van der Waals surface area (Å²) in [5, 5.41) is 8.91. The molecule has 1 unspecified atom stereocenters. The van der Waals surface area contributed by atoms with Crippen molar-refractivity contribution in [2.45, 2.75) is 6.04 Å². The Morgan fingerprint density at radius 3 is 3.06 bits per heavy atom. The number of para-hydroxylation sites is 1. The number of ether oxygens (including phenoxy) is 1. The molecule has 16 heavy (non-hydrogen) atoms. The van der Waals surface area contributed by atoms with E-state index in [0.29, 0.717) is 17.9 Å². The molecule has 5 heteroatoms. The van der Waals surface area contributed by atoms with Crippen molar-refractivity contribution in [3.8, 4) is 5.75 Å². The zero-order valence-corrected chi connectivity index (χ0v) is 9.01. The fourth-order valence-corrected chi connectivity index (χ4v) is 1.78. The summed E-state index contributed by atoms with van der Waals surface area (Å²) in [7, 11) is 1.94. The van der Waals surface area contributed by atoms with Gasteiger partial charge in [-0.1, -0.05) is 12.1 Å². The lowest BCUT2D eigenvalue weighted by Gasteiger charge is -2.29. The number of nitrogens with zero attached hydrogens (tertiary/aromatic N) is 1. The summed E-state index contributed by atoms with van der Waals surface area (Å²) in [5.74, 6) is -0.462. The van der Waals surface area contributed by atoms with Crippen molar-refractivity contribution in [1.29, 1.82) is 0 Å². The molecule has 1 atom stereocenters. The van der Waals surface area contributed by atoms with Crippen LogP contribution < -0.4 is 15.4 Å². The van der Waals surface area contributed by atoms with Crippen molar-refractivity contribution in [3.63, 3.8) is 0 Å². The fraction of sp³-hybridized carbons (Fsp3) is 0.364. The summed E-state index contributed by atoms with van der Waals surface area (Å²) in [6.45, 7) is 1.34. The number of likely N-dealkylation sites (N-methyl/N-ethyl adjacent to an activating group) is 1. The Hall–Kier alpha value is -1.75. The Balaban J connectivity index is 2.47. The molecule has 0 fully saturated rings. The van der Waals surface area contributed by atoms with Crippen LogP contribution in [0.3, 0.4) is 0 Å². The molecule has 0 spiro atoms. The zero-order valence-electron chi connectivity index (χ0n) is 9.01. The molecule has 0 bridgehead atoms. The van der Waals surface area contributed by atoms with E-state index in [1.165, 1.54) is 0 Å². The van der Waals surface area contributed by atoms with Gasteiger partial charge < -0.3 is 20.5 Å². The predicted molar refractivity (Wildman–Crippen MR) is 59.8 cm³/mol. The Morgan fingerprint density at radius 1 is 1.62 bits per heavy atom. The highest BCUT2D eigenvalue weighted by Gasteiger charge is 2.24. The maximum absolute atomic E-state index is 10.9. The molecule has 2 rings (SSSR count).